The predicted molar refractivity (Wildman–Crippen MR) is 114 cm³/mol. The molecule has 0 saturated carbocycles. The number of hydrogen-bond acceptors (Lipinski definition) is 10. The van der Waals surface area contributed by atoms with Crippen LogP contribution in [0.3, 0.4) is 0 Å². The maximum atomic E-state index is 12.0. The van der Waals surface area contributed by atoms with E-state index in [2.05, 4.69) is 4.74 Å². The van der Waals surface area contributed by atoms with Gasteiger partial charge in [-0.2, -0.15) is 0 Å². The Bertz CT molecular complexity index is 996. The molecule has 2 aliphatic rings. The van der Waals surface area contributed by atoms with Crippen LogP contribution in [0.2, 0.25) is 0 Å². The number of carbonyl (C=O) groups excluding carboxylic acids is 4. The summed E-state index contributed by atoms with van der Waals surface area (Å²) in [5.41, 5.74) is 3.34. The topological polar surface area (TPSA) is 129 Å². The summed E-state index contributed by atoms with van der Waals surface area (Å²) in [5.74, 6) is -2.13. The van der Waals surface area contributed by atoms with E-state index in [0.29, 0.717) is 18.4 Å². The van der Waals surface area contributed by atoms with E-state index < -0.39 is 17.9 Å². The van der Waals surface area contributed by atoms with Gasteiger partial charge in [-0.05, 0) is 32.3 Å². The quantitative estimate of drug-likeness (QED) is 0.250. The fourth-order valence-electron chi connectivity index (χ4n) is 3.82. The first-order valence-electron chi connectivity index (χ1n) is 10.6. The normalized spacial score (nSPS) is 16.3. The lowest BCUT2D eigenvalue weighted by Gasteiger charge is -2.23. The van der Waals surface area contributed by atoms with Crippen molar-refractivity contribution < 1.29 is 43.2 Å². The van der Waals surface area contributed by atoms with E-state index in [0.717, 1.165) is 16.7 Å². The second kappa shape index (κ2) is 10.5. The monoisotopic (exact) mass is 461 g/mol. The number of benzene rings is 1. The second-order valence-corrected chi connectivity index (χ2v) is 7.95. The minimum absolute atomic E-state index is 0.00739. The number of fused-ring (bicyclic) bond motifs is 1. The minimum atomic E-state index is -0.610. The SMILES string of the molecule is COc1c(O)c2c(c(C)c1C/C=C(\C)CCC(=O)OCCN1CC(=O)OC(=O)C1)COC2=O. The van der Waals surface area contributed by atoms with Crippen LogP contribution in [0.1, 0.15) is 46.8 Å². The van der Waals surface area contributed by atoms with Crippen LogP contribution in [0.5, 0.6) is 11.5 Å². The fraction of sp³-hybridized carbons (Fsp3) is 0.478. The minimum Gasteiger partial charge on any atom is -0.504 e. The number of nitrogens with zero attached hydrogens (tertiary/aromatic N) is 1. The van der Waals surface area contributed by atoms with Gasteiger partial charge in [-0.1, -0.05) is 11.6 Å². The lowest BCUT2D eigenvalue weighted by molar-refractivity contribution is -0.167. The number of cyclic esters (lactones) is 3. The third-order valence-corrected chi connectivity index (χ3v) is 5.67. The Balaban J connectivity index is 1.51. The summed E-state index contributed by atoms with van der Waals surface area (Å²) in [6.45, 7) is 4.20. The molecule has 0 aromatic heterocycles. The van der Waals surface area contributed by atoms with Crippen molar-refractivity contribution in [1.29, 1.82) is 0 Å². The van der Waals surface area contributed by atoms with Crippen LogP contribution < -0.4 is 4.74 Å². The van der Waals surface area contributed by atoms with Crippen LogP contribution in [0, 0.1) is 6.92 Å². The molecule has 33 heavy (non-hydrogen) atoms. The average molecular weight is 461 g/mol. The number of rotatable bonds is 9. The van der Waals surface area contributed by atoms with Gasteiger partial charge < -0.3 is 24.1 Å². The number of esters is 4. The first kappa shape index (κ1) is 24.2. The Morgan fingerprint density at radius 3 is 2.55 bits per heavy atom. The van der Waals surface area contributed by atoms with Gasteiger partial charge in [0.25, 0.3) is 0 Å². The molecule has 178 valence electrons. The highest BCUT2D eigenvalue weighted by Gasteiger charge is 2.32. The summed E-state index contributed by atoms with van der Waals surface area (Å²) in [5, 5.41) is 10.5. The molecule has 10 heteroatoms. The standard InChI is InChI=1S/C23H27NO9/c1-13(5-7-17(25)31-9-8-24-10-18(26)33-19(27)11-24)4-6-15-14(2)16-12-32-23(29)20(16)21(28)22(15)30-3/h4,28H,5-12H2,1-3H3/b13-4+. The summed E-state index contributed by atoms with van der Waals surface area (Å²) in [6, 6.07) is 0. The molecule has 10 nitrogen and oxygen atoms in total. The van der Waals surface area contributed by atoms with Crippen LogP contribution in [0.15, 0.2) is 11.6 Å². The van der Waals surface area contributed by atoms with Gasteiger partial charge in [0.05, 0.1) is 20.2 Å². The third-order valence-electron chi connectivity index (χ3n) is 5.67. The molecule has 0 spiro atoms. The molecule has 1 saturated heterocycles. The molecular weight excluding hydrogens is 434 g/mol. The number of allylic oxidation sites excluding steroid dienone is 2. The molecule has 0 unspecified atom stereocenters. The van der Waals surface area contributed by atoms with Gasteiger partial charge in [-0.25, -0.2) is 4.79 Å². The molecule has 0 atom stereocenters. The van der Waals surface area contributed by atoms with Crippen molar-refractivity contribution >= 4 is 23.9 Å². The first-order valence-corrected chi connectivity index (χ1v) is 10.6. The Kier molecular flexibility index (Phi) is 7.70. The number of hydrogen-bond donors (Lipinski definition) is 1. The summed E-state index contributed by atoms with van der Waals surface area (Å²) in [4.78, 5) is 47.9. The number of carbonyl (C=O) groups is 4. The molecule has 1 N–H and O–H groups in total. The molecule has 2 aliphatic heterocycles. The summed E-state index contributed by atoms with van der Waals surface area (Å²) < 4.78 is 20.0. The summed E-state index contributed by atoms with van der Waals surface area (Å²) >= 11 is 0. The highest BCUT2D eigenvalue weighted by atomic mass is 16.6. The zero-order valence-corrected chi connectivity index (χ0v) is 18.9. The molecular formula is C23H27NO9. The summed E-state index contributed by atoms with van der Waals surface area (Å²) in [6.07, 6.45) is 3.04. The van der Waals surface area contributed by atoms with Gasteiger partial charge >= 0.3 is 23.9 Å². The maximum Gasteiger partial charge on any atom is 0.342 e. The number of aromatic hydroxyl groups is 1. The predicted octanol–water partition coefficient (Wildman–Crippen LogP) is 1.58. The van der Waals surface area contributed by atoms with Gasteiger partial charge in [-0.3, -0.25) is 19.3 Å². The van der Waals surface area contributed by atoms with E-state index in [1.807, 2.05) is 19.9 Å². The number of phenolic OH excluding ortho intramolecular Hbond substituents is 1. The number of methoxy groups -OCH3 is 1. The van der Waals surface area contributed by atoms with Crippen molar-refractivity contribution in [2.75, 3.05) is 33.4 Å². The smallest absolute Gasteiger partial charge is 0.342 e. The second-order valence-electron chi connectivity index (χ2n) is 7.95. The van der Waals surface area contributed by atoms with Crippen molar-refractivity contribution in [3.63, 3.8) is 0 Å². The van der Waals surface area contributed by atoms with Crippen LogP contribution in [0.4, 0.5) is 0 Å². The molecule has 3 rings (SSSR count). The Labute approximate surface area is 191 Å². The van der Waals surface area contributed by atoms with E-state index in [9.17, 15) is 24.3 Å². The van der Waals surface area contributed by atoms with Gasteiger partial charge in [0.1, 0.15) is 18.8 Å². The molecule has 1 aromatic rings. The van der Waals surface area contributed by atoms with Crippen molar-refractivity contribution in [3.05, 3.63) is 33.9 Å². The van der Waals surface area contributed by atoms with E-state index in [-0.39, 0.29) is 62.3 Å². The van der Waals surface area contributed by atoms with Crippen LogP contribution in [-0.4, -0.2) is 67.2 Å². The molecule has 1 fully saturated rings. The average Bonchev–Trinajstić information content (AvgIpc) is 3.15. The molecule has 0 amide bonds. The molecule has 0 aliphatic carbocycles. The van der Waals surface area contributed by atoms with Crippen molar-refractivity contribution in [1.82, 2.24) is 4.90 Å². The number of ether oxygens (including phenoxy) is 4. The molecule has 2 heterocycles. The number of phenols is 1. The molecule has 1 aromatic carbocycles. The van der Waals surface area contributed by atoms with Crippen molar-refractivity contribution in [2.45, 2.75) is 39.7 Å². The molecule has 0 bridgehead atoms. The lowest BCUT2D eigenvalue weighted by atomic mass is 9.93. The van der Waals surface area contributed by atoms with Crippen molar-refractivity contribution in [2.24, 2.45) is 0 Å². The highest BCUT2D eigenvalue weighted by molar-refractivity contribution is 5.98. The van der Waals surface area contributed by atoms with E-state index in [1.54, 1.807) is 4.90 Å². The first-order chi connectivity index (χ1) is 15.7. The van der Waals surface area contributed by atoms with Gasteiger partial charge in [-0.15, -0.1) is 0 Å². The summed E-state index contributed by atoms with van der Waals surface area (Å²) in [7, 11) is 1.43. The largest absolute Gasteiger partial charge is 0.504 e. The maximum absolute atomic E-state index is 12.0. The highest BCUT2D eigenvalue weighted by Crippen LogP contribution is 2.42. The zero-order valence-electron chi connectivity index (χ0n) is 18.9. The van der Waals surface area contributed by atoms with Gasteiger partial charge in [0.15, 0.2) is 11.5 Å². The Morgan fingerprint density at radius 2 is 1.88 bits per heavy atom. The van der Waals surface area contributed by atoms with Crippen LogP contribution in [0.25, 0.3) is 0 Å². The van der Waals surface area contributed by atoms with Gasteiger partial charge in [0, 0.05) is 24.1 Å². The van der Waals surface area contributed by atoms with Crippen LogP contribution in [-0.2, 0) is 41.6 Å². The third kappa shape index (κ3) is 5.70. The van der Waals surface area contributed by atoms with Crippen LogP contribution >= 0.6 is 0 Å². The van der Waals surface area contributed by atoms with E-state index >= 15 is 0 Å². The van der Waals surface area contributed by atoms with E-state index in [1.165, 1.54) is 7.11 Å². The number of morpholine rings is 1. The Hall–Kier alpha value is -3.40. The lowest BCUT2D eigenvalue weighted by Crippen LogP contribution is -2.44. The fourth-order valence-corrected chi connectivity index (χ4v) is 3.82. The Morgan fingerprint density at radius 1 is 1.18 bits per heavy atom. The van der Waals surface area contributed by atoms with Gasteiger partial charge in [0.2, 0.25) is 0 Å². The molecule has 0 radical (unpaired) electrons. The zero-order chi connectivity index (χ0) is 24.1. The van der Waals surface area contributed by atoms with E-state index in [4.69, 9.17) is 14.2 Å². The van der Waals surface area contributed by atoms with Crippen molar-refractivity contribution in [3.8, 4) is 11.5 Å².